The number of aliphatic hydroxyl groups excluding tert-OH is 3. The van der Waals surface area contributed by atoms with Crippen LogP contribution in [0.5, 0.6) is 0 Å². The van der Waals surface area contributed by atoms with Crippen LogP contribution in [0.3, 0.4) is 0 Å². The van der Waals surface area contributed by atoms with E-state index >= 15 is 0 Å². The second-order valence-corrected chi connectivity index (χ2v) is 9.82. The van der Waals surface area contributed by atoms with Crippen molar-refractivity contribution in [3.8, 4) is 0 Å². The number of hydrogen-bond donors (Lipinski definition) is 3. The third kappa shape index (κ3) is 7.08. The Labute approximate surface area is 246 Å². The van der Waals surface area contributed by atoms with Gasteiger partial charge in [0, 0.05) is 0 Å². The maximum Gasteiger partial charge on any atom is 0.338 e. The Balaban J connectivity index is 1.32. The van der Waals surface area contributed by atoms with Gasteiger partial charge in [-0.2, -0.15) is 0 Å². The van der Waals surface area contributed by atoms with Gasteiger partial charge in [-0.05, 0) is 36.4 Å². The fourth-order valence-corrected chi connectivity index (χ4v) is 4.71. The van der Waals surface area contributed by atoms with Crippen LogP contribution in [-0.2, 0) is 28.4 Å². The maximum atomic E-state index is 13.0. The first-order chi connectivity index (χ1) is 20.9. The molecule has 0 bridgehead atoms. The van der Waals surface area contributed by atoms with Crippen molar-refractivity contribution in [3.63, 3.8) is 0 Å². The lowest BCUT2D eigenvalue weighted by Crippen LogP contribution is -2.43. The summed E-state index contributed by atoms with van der Waals surface area (Å²) in [5.74, 6) is -2.30. The zero-order valence-electron chi connectivity index (χ0n) is 22.7. The average Bonchev–Trinajstić information content (AvgIpc) is 3.50. The van der Waals surface area contributed by atoms with Gasteiger partial charge in [0.05, 0.1) is 29.9 Å². The third-order valence-electron chi connectivity index (χ3n) is 6.94. The van der Waals surface area contributed by atoms with E-state index in [9.17, 15) is 29.7 Å². The monoisotopic (exact) mass is 594 g/mol. The summed E-state index contributed by atoms with van der Waals surface area (Å²) in [4.78, 5) is 38.5. The van der Waals surface area contributed by atoms with Gasteiger partial charge in [0.1, 0.15) is 18.3 Å². The molecule has 0 saturated carbocycles. The Kier molecular flexibility index (Phi) is 9.77. The van der Waals surface area contributed by atoms with Crippen molar-refractivity contribution in [1.29, 1.82) is 0 Å². The lowest BCUT2D eigenvalue weighted by atomic mass is 10.1. The number of aliphatic hydroxyl groups is 3. The Hall–Kier alpha value is -4.17. The van der Waals surface area contributed by atoms with Gasteiger partial charge in [-0.3, -0.25) is 0 Å². The molecule has 2 saturated heterocycles. The summed E-state index contributed by atoms with van der Waals surface area (Å²) in [5, 5.41) is 31.0. The third-order valence-corrected chi connectivity index (χ3v) is 6.94. The predicted octanol–water partition coefficient (Wildman–Crippen LogP) is 1.48. The van der Waals surface area contributed by atoms with E-state index in [1.54, 1.807) is 54.6 Å². The van der Waals surface area contributed by atoms with Crippen LogP contribution in [0.4, 0.5) is 0 Å². The standard InChI is InChI=1S/C31H30O12/c32-16-21-23(33)25(42-28(35)19-12-6-2-7-13-19)31(40-21)38-17-22-24(41-27(34)18-10-4-1-5-11-18)26(30(37)39-22)43-29(36)20-14-8-3-9-15-20/h1-15,21-26,30-33,37H,16-17H2/t21-,22-,23-,24-,25+,26+,30+,31+/m1/s1. The average molecular weight is 595 g/mol. The SMILES string of the molecule is O=C(O[C@@H]1[C@@H](OC[C@H]2O[C@H](O)[C@@H](OC(=O)c3ccccc3)[C@@H]2OC(=O)c2ccccc2)O[C@H](CO)[C@H]1O)c1ccccc1. The number of benzene rings is 3. The van der Waals surface area contributed by atoms with E-state index in [0.29, 0.717) is 0 Å². The van der Waals surface area contributed by atoms with Crippen LogP contribution < -0.4 is 0 Å². The first kappa shape index (κ1) is 30.3. The molecule has 0 radical (unpaired) electrons. The van der Waals surface area contributed by atoms with Crippen molar-refractivity contribution in [2.45, 2.75) is 49.2 Å². The zero-order chi connectivity index (χ0) is 30.3. The van der Waals surface area contributed by atoms with Crippen molar-refractivity contribution >= 4 is 17.9 Å². The minimum absolute atomic E-state index is 0.203. The molecule has 43 heavy (non-hydrogen) atoms. The Morgan fingerprint density at radius 1 is 0.605 bits per heavy atom. The number of carbonyl (C=O) groups is 3. The molecule has 3 aromatic rings. The van der Waals surface area contributed by atoms with Gasteiger partial charge >= 0.3 is 17.9 Å². The summed E-state index contributed by atoms with van der Waals surface area (Å²) < 4.78 is 33.6. The lowest BCUT2D eigenvalue weighted by Gasteiger charge is -2.25. The van der Waals surface area contributed by atoms with Crippen LogP contribution in [-0.4, -0.2) is 95.6 Å². The van der Waals surface area contributed by atoms with E-state index in [1.165, 1.54) is 36.4 Å². The first-order valence-corrected chi connectivity index (χ1v) is 13.5. The molecule has 0 unspecified atom stereocenters. The van der Waals surface area contributed by atoms with Crippen molar-refractivity contribution in [1.82, 2.24) is 0 Å². The molecule has 8 atom stereocenters. The van der Waals surface area contributed by atoms with Crippen molar-refractivity contribution in [2.24, 2.45) is 0 Å². The largest absolute Gasteiger partial charge is 0.452 e. The number of rotatable bonds is 10. The summed E-state index contributed by atoms with van der Waals surface area (Å²) in [5.41, 5.74) is 0.630. The molecule has 0 aromatic heterocycles. The van der Waals surface area contributed by atoms with Crippen LogP contribution in [0.2, 0.25) is 0 Å². The Morgan fingerprint density at radius 2 is 1.05 bits per heavy atom. The number of ether oxygens (including phenoxy) is 6. The molecular formula is C31H30O12. The molecule has 0 amide bonds. The Bertz CT molecular complexity index is 1370. The molecule has 3 aromatic carbocycles. The van der Waals surface area contributed by atoms with E-state index in [1.807, 2.05) is 0 Å². The normalized spacial score (nSPS) is 28.3. The first-order valence-electron chi connectivity index (χ1n) is 13.5. The van der Waals surface area contributed by atoms with Gasteiger partial charge in [0.15, 0.2) is 30.9 Å². The van der Waals surface area contributed by atoms with Gasteiger partial charge in [-0.1, -0.05) is 54.6 Å². The second-order valence-electron chi connectivity index (χ2n) is 9.82. The van der Waals surface area contributed by atoms with Gasteiger partial charge in [0.2, 0.25) is 0 Å². The van der Waals surface area contributed by atoms with Gasteiger partial charge in [0.25, 0.3) is 0 Å². The molecule has 2 aliphatic heterocycles. The van der Waals surface area contributed by atoms with Crippen LogP contribution in [0, 0.1) is 0 Å². The fraction of sp³-hybridized carbons (Fsp3) is 0.323. The van der Waals surface area contributed by atoms with Gasteiger partial charge in [-0.25, -0.2) is 14.4 Å². The van der Waals surface area contributed by atoms with Crippen LogP contribution in [0.15, 0.2) is 91.0 Å². The highest BCUT2D eigenvalue weighted by molar-refractivity contribution is 5.90. The van der Waals surface area contributed by atoms with E-state index < -0.39 is 80.3 Å². The van der Waals surface area contributed by atoms with Crippen LogP contribution >= 0.6 is 0 Å². The maximum absolute atomic E-state index is 13.0. The Morgan fingerprint density at radius 3 is 1.51 bits per heavy atom. The smallest absolute Gasteiger partial charge is 0.338 e. The quantitative estimate of drug-likeness (QED) is 0.229. The van der Waals surface area contributed by atoms with E-state index in [0.717, 1.165) is 0 Å². The van der Waals surface area contributed by atoms with Crippen LogP contribution in [0.1, 0.15) is 31.1 Å². The van der Waals surface area contributed by atoms with Crippen molar-refractivity contribution in [2.75, 3.05) is 13.2 Å². The second kappa shape index (κ2) is 13.9. The molecule has 2 aliphatic rings. The highest BCUT2D eigenvalue weighted by Crippen LogP contribution is 2.31. The molecule has 2 fully saturated rings. The minimum atomic E-state index is -1.69. The number of carbonyl (C=O) groups excluding carboxylic acids is 3. The highest BCUT2D eigenvalue weighted by atomic mass is 16.7. The lowest BCUT2D eigenvalue weighted by molar-refractivity contribution is -0.198. The topological polar surface area (TPSA) is 167 Å². The molecular weight excluding hydrogens is 564 g/mol. The summed E-state index contributed by atoms with van der Waals surface area (Å²) in [7, 11) is 0. The van der Waals surface area contributed by atoms with Crippen molar-refractivity contribution < 1.29 is 58.1 Å². The van der Waals surface area contributed by atoms with E-state index in [2.05, 4.69) is 0 Å². The fourth-order valence-electron chi connectivity index (χ4n) is 4.71. The zero-order valence-corrected chi connectivity index (χ0v) is 22.7. The minimum Gasteiger partial charge on any atom is -0.452 e. The van der Waals surface area contributed by atoms with Crippen molar-refractivity contribution in [3.05, 3.63) is 108 Å². The van der Waals surface area contributed by atoms with Crippen LogP contribution in [0.25, 0.3) is 0 Å². The molecule has 2 heterocycles. The summed E-state index contributed by atoms with van der Waals surface area (Å²) >= 11 is 0. The molecule has 3 N–H and O–H groups in total. The number of esters is 3. The molecule has 0 aliphatic carbocycles. The number of hydrogen-bond acceptors (Lipinski definition) is 12. The molecule has 5 rings (SSSR count). The van der Waals surface area contributed by atoms with E-state index in [-0.39, 0.29) is 16.7 Å². The summed E-state index contributed by atoms with van der Waals surface area (Å²) in [6, 6.07) is 24.2. The van der Waals surface area contributed by atoms with E-state index in [4.69, 9.17) is 28.4 Å². The van der Waals surface area contributed by atoms with Gasteiger partial charge < -0.3 is 43.7 Å². The predicted molar refractivity (Wildman–Crippen MR) is 146 cm³/mol. The summed E-state index contributed by atoms with van der Waals surface area (Å²) in [6.45, 7) is -1.01. The highest BCUT2D eigenvalue weighted by Gasteiger charge is 2.52. The molecule has 226 valence electrons. The molecule has 0 spiro atoms. The molecule has 12 heteroatoms. The summed E-state index contributed by atoms with van der Waals surface area (Å²) in [6.07, 6.45) is -10.9. The molecule has 12 nitrogen and oxygen atoms in total. The van der Waals surface area contributed by atoms with Gasteiger partial charge in [-0.15, -0.1) is 0 Å².